The lowest BCUT2D eigenvalue weighted by atomic mass is 9.94. The second kappa shape index (κ2) is 6.07. The molecular weight excluding hydrogens is 300 g/mol. The van der Waals surface area contributed by atoms with Crippen molar-refractivity contribution in [2.45, 2.75) is 39.2 Å². The number of nitrogens with two attached hydrogens (primary N) is 1. The monoisotopic (exact) mass is 318 g/mol. The summed E-state index contributed by atoms with van der Waals surface area (Å²) in [5.74, 6) is 0.800. The van der Waals surface area contributed by atoms with E-state index >= 15 is 0 Å². The third-order valence-corrected chi connectivity index (χ3v) is 4.80. The smallest absolute Gasteiger partial charge is 0.136 e. The minimum atomic E-state index is 0.402. The average Bonchev–Trinajstić information content (AvgIpc) is 2.89. The first-order valence-corrected chi connectivity index (χ1v) is 8.34. The zero-order chi connectivity index (χ0) is 14.8. The Morgan fingerprint density at radius 3 is 2.95 bits per heavy atom. The van der Waals surface area contributed by atoms with Crippen LogP contribution < -0.4 is 11.1 Å². The van der Waals surface area contributed by atoms with E-state index in [-0.39, 0.29) is 0 Å². The predicted octanol–water partition coefficient (Wildman–Crippen LogP) is 2.97. The number of hydrogen-bond acceptors (Lipinski definition) is 5. The van der Waals surface area contributed by atoms with Gasteiger partial charge in [0, 0.05) is 16.8 Å². The maximum Gasteiger partial charge on any atom is 0.136 e. The Morgan fingerprint density at radius 1 is 1.43 bits per heavy atom. The Hall–Kier alpha value is -1.53. The molecule has 0 radical (unpaired) electrons. The molecule has 0 atom stereocenters. The topological polar surface area (TPSA) is 63.8 Å². The zero-order valence-electron chi connectivity index (χ0n) is 12.0. The molecule has 3 rings (SSSR count). The van der Waals surface area contributed by atoms with Crippen LogP contribution in [-0.2, 0) is 19.4 Å². The van der Waals surface area contributed by atoms with E-state index in [1.165, 1.54) is 29.0 Å². The second-order valence-corrected chi connectivity index (χ2v) is 7.02. The molecule has 0 unspecified atom stereocenters. The molecule has 1 aliphatic carbocycles. The Labute approximate surface area is 133 Å². The van der Waals surface area contributed by atoms with E-state index in [9.17, 15) is 0 Å². The number of aryl methyl sites for hydroxylation is 3. The summed E-state index contributed by atoms with van der Waals surface area (Å²) in [4.78, 5) is 10.6. The standard InChI is InChI=1S/C15H18N4S2/c1-9-17-7-11(21-9)8-18-15-12(14(16)20)6-10-4-2-3-5-13(10)19-15/h6-7H,2-5,8H2,1H3,(H2,16,20)(H,18,19). The van der Waals surface area contributed by atoms with E-state index < -0.39 is 0 Å². The van der Waals surface area contributed by atoms with Gasteiger partial charge < -0.3 is 11.1 Å². The molecule has 6 heteroatoms. The van der Waals surface area contributed by atoms with E-state index in [0.29, 0.717) is 11.5 Å². The van der Waals surface area contributed by atoms with Crippen LogP contribution in [0.2, 0.25) is 0 Å². The van der Waals surface area contributed by atoms with Crippen LogP contribution >= 0.6 is 23.6 Å². The Balaban J connectivity index is 1.87. The molecule has 1 aliphatic rings. The SMILES string of the molecule is Cc1ncc(CNc2nc3c(cc2C(N)=S)CCCC3)s1. The summed E-state index contributed by atoms with van der Waals surface area (Å²) < 4.78 is 0. The van der Waals surface area contributed by atoms with Crippen LogP contribution in [-0.4, -0.2) is 15.0 Å². The zero-order valence-corrected chi connectivity index (χ0v) is 13.6. The average molecular weight is 318 g/mol. The van der Waals surface area contributed by atoms with Gasteiger partial charge in [0.25, 0.3) is 0 Å². The van der Waals surface area contributed by atoms with Crippen molar-refractivity contribution in [3.63, 3.8) is 0 Å². The molecule has 0 saturated carbocycles. The summed E-state index contributed by atoms with van der Waals surface area (Å²) in [5.41, 5.74) is 9.20. The molecule has 0 aromatic carbocycles. The summed E-state index contributed by atoms with van der Waals surface area (Å²) >= 11 is 6.86. The van der Waals surface area contributed by atoms with Gasteiger partial charge in [0.15, 0.2) is 0 Å². The van der Waals surface area contributed by atoms with Gasteiger partial charge in [0.2, 0.25) is 0 Å². The minimum absolute atomic E-state index is 0.402. The molecule has 2 aromatic rings. The highest BCUT2D eigenvalue weighted by Crippen LogP contribution is 2.25. The van der Waals surface area contributed by atoms with Gasteiger partial charge in [-0.2, -0.15) is 0 Å². The van der Waals surface area contributed by atoms with Gasteiger partial charge in [-0.3, -0.25) is 0 Å². The lowest BCUT2D eigenvalue weighted by Gasteiger charge is -2.19. The van der Waals surface area contributed by atoms with E-state index in [1.54, 1.807) is 11.3 Å². The number of anilines is 1. The number of aromatic nitrogens is 2. The number of nitrogens with zero attached hydrogens (tertiary/aromatic N) is 2. The second-order valence-electron chi connectivity index (χ2n) is 5.26. The molecule has 0 spiro atoms. The van der Waals surface area contributed by atoms with E-state index in [0.717, 1.165) is 29.2 Å². The van der Waals surface area contributed by atoms with Gasteiger partial charge in [0.1, 0.15) is 10.8 Å². The van der Waals surface area contributed by atoms with Crippen LogP contribution in [0.4, 0.5) is 5.82 Å². The van der Waals surface area contributed by atoms with Gasteiger partial charge in [-0.1, -0.05) is 12.2 Å². The van der Waals surface area contributed by atoms with Gasteiger partial charge in [0.05, 0.1) is 17.1 Å². The summed E-state index contributed by atoms with van der Waals surface area (Å²) in [6, 6.07) is 2.12. The Bertz CT molecular complexity index is 678. The maximum absolute atomic E-state index is 5.86. The largest absolute Gasteiger partial charge is 0.389 e. The van der Waals surface area contributed by atoms with Crippen LogP contribution in [0.1, 0.15) is 39.5 Å². The van der Waals surface area contributed by atoms with Crippen molar-refractivity contribution in [3.8, 4) is 0 Å². The van der Waals surface area contributed by atoms with Crippen molar-refractivity contribution in [1.29, 1.82) is 0 Å². The van der Waals surface area contributed by atoms with E-state index in [4.69, 9.17) is 22.9 Å². The van der Waals surface area contributed by atoms with Gasteiger partial charge in [-0.25, -0.2) is 9.97 Å². The third-order valence-electron chi connectivity index (χ3n) is 3.67. The third kappa shape index (κ3) is 3.22. The highest BCUT2D eigenvalue weighted by molar-refractivity contribution is 7.80. The lowest BCUT2D eigenvalue weighted by Crippen LogP contribution is -2.17. The Morgan fingerprint density at radius 2 is 2.24 bits per heavy atom. The van der Waals surface area contributed by atoms with Gasteiger partial charge in [-0.15, -0.1) is 11.3 Å². The molecule has 0 amide bonds. The molecule has 2 heterocycles. The van der Waals surface area contributed by atoms with Crippen molar-refractivity contribution in [2.75, 3.05) is 5.32 Å². The fourth-order valence-corrected chi connectivity index (χ4v) is 3.50. The lowest BCUT2D eigenvalue weighted by molar-refractivity contribution is 0.668. The molecule has 3 N–H and O–H groups in total. The van der Waals surface area contributed by atoms with Crippen molar-refractivity contribution >= 4 is 34.4 Å². The fourth-order valence-electron chi connectivity index (χ4n) is 2.61. The van der Waals surface area contributed by atoms with Crippen molar-refractivity contribution in [1.82, 2.24) is 9.97 Å². The summed E-state index contributed by atoms with van der Waals surface area (Å²) in [6.45, 7) is 2.71. The highest BCUT2D eigenvalue weighted by Gasteiger charge is 2.16. The van der Waals surface area contributed by atoms with Crippen molar-refractivity contribution < 1.29 is 0 Å². The van der Waals surface area contributed by atoms with E-state index in [1.807, 2.05) is 13.1 Å². The number of nitrogens with one attached hydrogen (secondary N) is 1. The molecule has 110 valence electrons. The normalized spacial score (nSPS) is 13.8. The minimum Gasteiger partial charge on any atom is -0.389 e. The van der Waals surface area contributed by atoms with Crippen LogP contribution in [0.3, 0.4) is 0 Å². The molecule has 21 heavy (non-hydrogen) atoms. The van der Waals surface area contributed by atoms with Crippen molar-refractivity contribution in [3.05, 3.63) is 39.0 Å². The number of hydrogen-bond donors (Lipinski definition) is 2. The van der Waals surface area contributed by atoms with E-state index in [2.05, 4.69) is 16.4 Å². The van der Waals surface area contributed by atoms with Crippen LogP contribution in [0.5, 0.6) is 0 Å². The number of fused-ring (bicyclic) bond motifs is 1. The number of thiocarbonyl (C=S) groups is 1. The first-order chi connectivity index (χ1) is 10.1. The quantitative estimate of drug-likeness (QED) is 0.849. The number of thiazole rings is 1. The van der Waals surface area contributed by atoms with Crippen LogP contribution in [0.15, 0.2) is 12.3 Å². The molecule has 2 aromatic heterocycles. The maximum atomic E-state index is 5.86. The fraction of sp³-hybridized carbons (Fsp3) is 0.400. The molecular formula is C15H18N4S2. The molecule has 4 nitrogen and oxygen atoms in total. The van der Waals surface area contributed by atoms with Gasteiger partial charge in [-0.05, 0) is 44.2 Å². The number of rotatable bonds is 4. The first kappa shape index (κ1) is 14.4. The number of pyridine rings is 1. The van der Waals surface area contributed by atoms with Gasteiger partial charge >= 0.3 is 0 Å². The summed E-state index contributed by atoms with van der Waals surface area (Å²) in [7, 11) is 0. The Kier molecular flexibility index (Phi) is 4.17. The van der Waals surface area contributed by atoms with Crippen LogP contribution in [0.25, 0.3) is 0 Å². The summed E-state index contributed by atoms with van der Waals surface area (Å²) in [6.07, 6.45) is 6.44. The first-order valence-electron chi connectivity index (χ1n) is 7.11. The molecule has 0 bridgehead atoms. The summed E-state index contributed by atoms with van der Waals surface area (Å²) in [5, 5.41) is 4.44. The molecule has 0 saturated heterocycles. The molecule has 0 fully saturated rings. The van der Waals surface area contributed by atoms with Crippen molar-refractivity contribution in [2.24, 2.45) is 5.73 Å². The predicted molar refractivity (Wildman–Crippen MR) is 90.9 cm³/mol. The molecule has 0 aliphatic heterocycles. The van der Waals surface area contributed by atoms with Crippen LogP contribution in [0, 0.1) is 6.92 Å². The highest BCUT2D eigenvalue weighted by atomic mass is 32.1.